The molecule has 0 amide bonds. The third-order valence-corrected chi connectivity index (χ3v) is 3.94. The van der Waals surface area contributed by atoms with E-state index in [9.17, 15) is 0 Å². The van der Waals surface area contributed by atoms with Gasteiger partial charge in [-0.25, -0.2) is 0 Å². The maximum absolute atomic E-state index is 5.82. The Morgan fingerprint density at radius 1 is 1.00 bits per heavy atom. The second kappa shape index (κ2) is 8.18. The van der Waals surface area contributed by atoms with Gasteiger partial charge in [0, 0.05) is 6.61 Å². The average Bonchev–Trinajstić information content (AvgIpc) is 2.48. The van der Waals surface area contributed by atoms with Crippen molar-refractivity contribution in [2.45, 2.75) is 25.7 Å². The van der Waals surface area contributed by atoms with Crippen LogP contribution in [0.1, 0.15) is 25.7 Å². The normalized spacial score (nSPS) is 23.2. The fraction of sp³-hybridized carbons (Fsp3) is 0.625. The summed E-state index contributed by atoms with van der Waals surface area (Å²) in [5.41, 5.74) is 5.82. The molecule has 0 aliphatic heterocycles. The molecule has 2 atom stereocenters. The topological polar surface area (TPSA) is 44.5 Å². The van der Waals surface area contributed by atoms with Crippen LogP contribution >= 0.6 is 0 Å². The van der Waals surface area contributed by atoms with Crippen molar-refractivity contribution in [2.24, 2.45) is 17.6 Å². The fourth-order valence-corrected chi connectivity index (χ4v) is 2.78. The molecule has 1 aromatic carbocycles. The minimum atomic E-state index is 0.615. The van der Waals surface area contributed by atoms with Crippen LogP contribution in [-0.2, 0) is 4.74 Å². The standard InChI is InChI=1S/C16H25NO2/c17-12-14-6-4-5-7-15(14)13-18-10-11-19-16-8-2-1-3-9-16/h1-3,8-9,14-15H,4-7,10-13,17H2. The van der Waals surface area contributed by atoms with Crippen molar-refractivity contribution in [3.05, 3.63) is 30.3 Å². The zero-order valence-electron chi connectivity index (χ0n) is 11.6. The van der Waals surface area contributed by atoms with E-state index in [0.717, 1.165) is 18.9 Å². The van der Waals surface area contributed by atoms with Crippen molar-refractivity contribution in [1.29, 1.82) is 0 Å². The molecule has 106 valence electrons. The highest BCUT2D eigenvalue weighted by Crippen LogP contribution is 2.29. The quantitative estimate of drug-likeness (QED) is 0.769. The molecule has 1 saturated carbocycles. The molecule has 1 aromatic rings. The Labute approximate surface area is 116 Å². The molecule has 3 nitrogen and oxygen atoms in total. The summed E-state index contributed by atoms with van der Waals surface area (Å²) in [6.07, 6.45) is 5.19. The van der Waals surface area contributed by atoms with Gasteiger partial charge in [0.15, 0.2) is 0 Å². The molecule has 2 N–H and O–H groups in total. The summed E-state index contributed by atoms with van der Waals surface area (Å²) >= 11 is 0. The van der Waals surface area contributed by atoms with Gasteiger partial charge < -0.3 is 15.2 Å². The molecular formula is C16H25NO2. The number of benzene rings is 1. The lowest BCUT2D eigenvalue weighted by Gasteiger charge is -2.30. The first-order valence-corrected chi connectivity index (χ1v) is 7.36. The van der Waals surface area contributed by atoms with Gasteiger partial charge in [-0.2, -0.15) is 0 Å². The van der Waals surface area contributed by atoms with Gasteiger partial charge in [-0.1, -0.05) is 31.0 Å². The zero-order chi connectivity index (χ0) is 13.3. The number of hydrogen-bond donors (Lipinski definition) is 1. The SMILES string of the molecule is NCC1CCCCC1COCCOc1ccccc1. The number of para-hydroxylation sites is 1. The molecule has 1 aliphatic rings. The molecule has 0 radical (unpaired) electrons. The molecule has 0 aromatic heterocycles. The summed E-state index contributed by atoms with van der Waals surface area (Å²) in [5.74, 6) is 2.21. The van der Waals surface area contributed by atoms with Crippen LogP contribution in [0.15, 0.2) is 30.3 Å². The predicted molar refractivity (Wildman–Crippen MR) is 77.3 cm³/mol. The van der Waals surface area contributed by atoms with Gasteiger partial charge in [0.25, 0.3) is 0 Å². The minimum Gasteiger partial charge on any atom is -0.491 e. The molecule has 0 saturated heterocycles. The Morgan fingerprint density at radius 2 is 1.74 bits per heavy atom. The van der Waals surface area contributed by atoms with E-state index < -0.39 is 0 Å². The summed E-state index contributed by atoms with van der Waals surface area (Å²) in [4.78, 5) is 0. The lowest BCUT2D eigenvalue weighted by atomic mass is 9.80. The smallest absolute Gasteiger partial charge is 0.119 e. The summed E-state index contributed by atoms with van der Waals surface area (Å²) in [6, 6.07) is 9.87. The second-order valence-corrected chi connectivity index (χ2v) is 5.28. The zero-order valence-corrected chi connectivity index (χ0v) is 11.6. The first-order valence-electron chi connectivity index (χ1n) is 7.36. The van der Waals surface area contributed by atoms with Crippen LogP contribution in [0.5, 0.6) is 5.75 Å². The summed E-state index contributed by atoms with van der Waals surface area (Å²) in [7, 11) is 0. The van der Waals surface area contributed by atoms with Gasteiger partial charge in [-0.15, -0.1) is 0 Å². The Balaban J connectivity index is 1.58. The monoisotopic (exact) mass is 263 g/mol. The predicted octanol–water partition coefficient (Wildman–Crippen LogP) is 2.85. The van der Waals surface area contributed by atoms with Crippen LogP contribution in [0.3, 0.4) is 0 Å². The summed E-state index contributed by atoms with van der Waals surface area (Å²) in [5, 5.41) is 0. The van der Waals surface area contributed by atoms with E-state index >= 15 is 0 Å². The van der Waals surface area contributed by atoms with Gasteiger partial charge in [0.1, 0.15) is 12.4 Å². The van der Waals surface area contributed by atoms with E-state index in [0.29, 0.717) is 25.0 Å². The number of rotatable bonds is 7. The van der Waals surface area contributed by atoms with Crippen LogP contribution < -0.4 is 10.5 Å². The molecule has 2 unspecified atom stereocenters. The van der Waals surface area contributed by atoms with Crippen molar-refractivity contribution in [3.63, 3.8) is 0 Å². The molecule has 0 heterocycles. The van der Waals surface area contributed by atoms with E-state index in [4.69, 9.17) is 15.2 Å². The molecule has 19 heavy (non-hydrogen) atoms. The molecule has 0 spiro atoms. The Bertz CT molecular complexity index is 342. The van der Waals surface area contributed by atoms with Gasteiger partial charge >= 0.3 is 0 Å². The van der Waals surface area contributed by atoms with Crippen LogP contribution in [-0.4, -0.2) is 26.4 Å². The number of ether oxygens (including phenoxy) is 2. The fourth-order valence-electron chi connectivity index (χ4n) is 2.78. The third kappa shape index (κ3) is 4.84. The Hall–Kier alpha value is -1.06. The number of hydrogen-bond acceptors (Lipinski definition) is 3. The first-order chi connectivity index (χ1) is 9.40. The number of nitrogens with two attached hydrogens (primary N) is 1. The summed E-state index contributed by atoms with van der Waals surface area (Å²) < 4.78 is 11.3. The van der Waals surface area contributed by atoms with Crippen molar-refractivity contribution < 1.29 is 9.47 Å². The van der Waals surface area contributed by atoms with Crippen molar-refractivity contribution in [2.75, 3.05) is 26.4 Å². The van der Waals surface area contributed by atoms with E-state index in [1.165, 1.54) is 25.7 Å². The minimum absolute atomic E-state index is 0.615. The second-order valence-electron chi connectivity index (χ2n) is 5.28. The highest BCUT2D eigenvalue weighted by atomic mass is 16.5. The van der Waals surface area contributed by atoms with Gasteiger partial charge in [0.2, 0.25) is 0 Å². The first kappa shape index (κ1) is 14.4. The molecular weight excluding hydrogens is 238 g/mol. The van der Waals surface area contributed by atoms with Crippen LogP contribution in [0.2, 0.25) is 0 Å². The van der Waals surface area contributed by atoms with Crippen LogP contribution in [0.4, 0.5) is 0 Å². The van der Waals surface area contributed by atoms with Gasteiger partial charge in [-0.05, 0) is 43.4 Å². The van der Waals surface area contributed by atoms with Crippen LogP contribution in [0, 0.1) is 11.8 Å². The largest absolute Gasteiger partial charge is 0.491 e. The van der Waals surface area contributed by atoms with Crippen LogP contribution in [0.25, 0.3) is 0 Å². The summed E-state index contributed by atoms with van der Waals surface area (Å²) in [6.45, 7) is 2.90. The van der Waals surface area contributed by atoms with E-state index in [2.05, 4.69) is 0 Å². The van der Waals surface area contributed by atoms with Crippen molar-refractivity contribution in [3.8, 4) is 5.75 Å². The lowest BCUT2D eigenvalue weighted by Crippen LogP contribution is -2.30. The maximum Gasteiger partial charge on any atom is 0.119 e. The Kier molecular flexibility index (Phi) is 6.18. The van der Waals surface area contributed by atoms with Gasteiger partial charge in [-0.3, -0.25) is 0 Å². The molecule has 2 rings (SSSR count). The van der Waals surface area contributed by atoms with Gasteiger partial charge in [0.05, 0.1) is 6.61 Å². The lowest BCUT2D eigenvalue weighted by molar-refractivity contribution is 0.0446. The Morgan fingerprint density at radius 3 is 2.47 bits per heavy atom. The van der Waals surface area contributed by atoms with E-state index in [1.54, 1.807) is 0 Å². The van der Waals surface area contributed by atoms with Crippen molar-refractivity contribution in [1.82, 2.24) is 0 Å². The van der Waals surface area contributed by atoms with E-state index in [1.807, 2.05) is 30.3 Å². The molecule has 1 fully saturated rings. The molecule has 3 heteroatoms. The van der Waals surface area contributed by atoms with E-state index in [-0.39, 0.29) is 0 Å². The highest BCUT2D eigenvalue weighted by Gasteiger charge is 2.23. The highest BCUT2D eigenvalue weighted by molar-refractivity contribution is 5.20. The molecule has 0 bridgehead atoms. The van der Waals surface area contributed by atoms with Crippen molar-refractivity contribution >= 4 is 0 Å². The third-order valence-electron chi connectivity index (χ3n) is 3.94. The average molecular weight is 263 g/mol. The maximum atomic E-state index is 5.82. The molecule has 1 aliphatic carbocycles.